The molecule has 2 aromatic rings. The Balaban J connectivity index is 2.50. The number of rotatable bonds is 2. The van der Waals surface area contributed by atoms with Crippen molar-refractivity contribution in [3.63, 3.8) is 0 Å². The van der Waals surface area contributed by atoms with Crippen LogP contribution >= 0.6 is 0 Å². The van der Waals surface area contributed by atoms with Crippen molar-refractivity contribution in [3.8, 4) is 11.4 Å². The third-order valence-corrected chi connectivity index (χ3v) is 2.46. The smallest absolute Gasteiger partial charge is 0.269 e. The summed E-state index contributed by atoms with van der Waals surface area (Å²) in [4.78, 5) is 14.3. The average molecular weight is 233 g/mol. The molecule has 0 saturated heterocycles. The van der Waals surface area contributed by atoms with Crippen molar-refractivity contribution >= 4 is 11.6 Å². The maximum absolute atomic E-state index is 10.6. The molecule has 7 nitrogen and oxygen atoms in total. The molecule has 88 valence electrons. The van der Waals surface area contributed by atoms with E-state index >= 15 is 0 Å². The van der Waals surface area contributed by atoms with E-state index < -0.39 is 4.92 Å². The average Bonchev–Trinajstić information content (AvgIpc) is 2.58. The van der Waals surface area contributed by atoms with E-state index in [9.17, 15) is 10.1 Å². The van der Waals surface area contributed by atoms with Gasteiger partial charge in [-0.05, 0) is 18.6 Å². The molecular weight excluding hydrogens is 222 g/mol. The lowest BCUT2D eigenvalue weighted by Gasteiger charge is -2.00. The van der Waals surface area contributed by atoms with Gasteiger partial charge in [-0.15, -0.1) is 5.10 Å². The lowest BCUT2D eigenvalue weighted by Crippen LogP contribution is -1.97. The van der Waals surface area contributed by atoms with Crippen molar-refractivity contribution in [1.82, 2.24) is 14.8 Å². The highest BCUT2D eigenvalue weighted by atomic mass is 16.6. The molecular formula is C10H11N5O2. The molecule has 0 aliphatic rings. The van der Waals surface area contributed by atoms with Crippen LogP contribution in [0.1, 0.15) is 5.56 Å². The van der Waals surface area contributed by atoms with Gasteiger partial charge in [-0.3, -0.25) is 10.1 Å². The number of anilines is 1. The molecule has 0 aliphatic carbocycles. The molecule has 0 bridgehead atoms. The molecule has 0 spiro atoms. The molecule has 0 atom stereocenters. The summed E-state index contributed by atoms with van der Waals surface area (Å²) in [7, 11) is 1.69. The quantitative estimate of drug-likeness (QED) is 0.622. The van der Waals surface area contributed by atoms with Gasteiger partial charge in [-0.2, -0.15) is 4.98 Å². The molecule has 0 aliphatic heterocycles. The minimum atomic E-state index is -0.434. The second kappa shape index (κ2) is 3.85. The van der Waals surface area contributed by atoms with Gasteiger partial charge in [0, 0.05) is 24.7 Å². The number of nitrogens with two attached hydrogens (primary N) is 1. The van der Waals surface area contributed by atoms with Gasteiger partial charge >= 0.3 is 0 Å². The maximum atomic E-state index is 10.6. The maximum Gasteiger partial charge on any atom is 0.269 e. The first-order valence-corrected chi connectivity index (χ1v) is 4.91. The standard InChI is InChI=1S/C10H11N5O2/c1-6-5-7(15(16)17)3-4-8(6)9-12-10(11)14(2)13-9/h3-5H,1-2H3,(H2,11,12,13). The second-order valence-electron chi connectivity index (χ2n) is 3.67. The number of nitro groups is 1. The molecule has 1 aromatic heterocycles. The highest BCUT2D eigenvalue weighted by molar-refractivity contribution is 5.63. The number of non-ortho nitro benzene ring substituents is 1. The van der Waals surface area contributed by atoms with E-state index in [1.165, 1.54) is 16.8 Å². The van der Waals surface area contributed by atoms with Crippen LogP contribution in [0.25, 0.3) is 11.4 Å². The fourth-order valence-electron chi connectivity index (χ4n) is 1.52. The van der Waals surface area contributed by atoms with Gasteiger partial charge in [0.15, 0.2) is 5.82 Å². The van der Waals surface area contributed by atoms with Gasteiger partial charge in [0.1, 0.15) is 0 Å². The summed E-state index contributed by atoms with van der Waals surface area (Å²) in [5, 5.41) is 14.7. The molecule has 1 heterocycles. The molecule has 0 amide bonds. The minimum Gasteiger partial charge on any atom is -0.368 e. The summed E-state index contributed by atoms with van der Waals surface area (Å²) in [6, 6.07) is 4.54. The van der Waals surface area contributed by atoms with Crippen LogP contribution in [0, 0.1) is 17.0 Å². The van der Waals surface area contributed by atoms with Crippen LogP contribution in [0.3, 0.4) is 0 Å². The first kappa shape index (κ1) is 11.1. The Hall–Kier alpha value is -2.44. The number of nitrogens with zero attached hydrogens (tertiary/aromatic N) is 4. The molecule has 1 aromatic carbocycles. The zero-order valence-electron chi connectivity index (χ0n) is 9.41. The van der Waals surface area contributed by atoms with Gasteiger partial charge < -0.3 is 5.73 Å². The Labute approximate surface area is 97.0 Å². The van der Waals surface area contributed by atoms with Crippen LogP contribution < -0.4 is 5.73 Å². The van der Waals surface area contributed by atoms with Crippen molar-refractivity contribution < 1.29 is 4.92 Å². The van der Waals surface area contributed by atoms with Gasteiger partial charge in [0.25, 0.3) is 5.69 Å². The normalized spacial score (nSPS) is 10.5. The number of hydrogen-bond acceptors (Lipinski definition) is 5. The van der Waals surface area contributed by atoms with Crippen molar-refractivity contribution in [2.24, 2.45) is 7.05 Å². The van der Waals surface area contributed by atoms with Gasteiger partial charge in [0.2, 0.25) is 5.95 Å². The van der Waals surface area contributed by atoms with Gasteiger partial charge in [-0.1, -0.05) is 0 Å². The van der Waals surface area contributed by atoms with Crippen LogP contribution in [0.15, 0.2) is 18.2 Å². The number of aryl methyl sites for hydroxylation is 2. The molecule has 0 fully saturated rings. The van der Waals surface area contributed by atoms with E-state index in [2.05, 4.69) is 10.1 Å². The Morgan fingerprint density at radius 1 is 1.47 bits per heavy atom. The van der Waals surface area contributed by atoms with E-state index in [0.29, 0.717) is 11.8 Å². The van der Waals surface area contributed by atoms with Crippen molar-refractivity contribution in [2.45, 2.75) is 6.92 Å². The first-order valence-electron chi connectivity index (χ1n) is 4.91. The van der Waals surface area contributed by atoms with Gasteiger partial charge in [0.05, 0.1) is 4.92 Å². The molecule has 0 saturated carbocycles. The highest BCUT2D eigenvalue weighted by Crippen LogP contribution is 2.24. The number of benzene rings is 1. The summed E-state index contributed by atoms with van der Waals surface area (Å²) in [6.45, 7) is 1.77. The van der Waals surface area contributed by atoms with Crippen LogP contribution in [-0.2, 0) is 7.05 Å². The molecule has 2 rings (SSSR count). The summed E-state index contributed by atoms with van der Waals surface area (Å²) < 4.78 is 1.45. The Kier molecular flexibility index (Phi) is 2.51. The lowest BCUT2D eigenvalue weighted by molar-refractivity contribution is -0.384. The summed E-state index contributed by atoms with van der Waals surface area (Å²) in [5.41, 5.74) is 7.12. The van der Waals surface area contributed by atoms with Crippen LogP contribution in [0.4, 0.5) is 11.6 Å². The zero-order valence-corrected chi connectivity index (χ0v) is 9.41. The second-order valence-corrected chi connectivity index (χ2v) is 3.67. The van der Waals surface area contributed by atoms with Crippen molar-refractivity contribution in [1.29, 1.82) is 0 Å². The third-order valence-electron chi connectivity index (χ3n) is 2.46. The first-order chi connectivity index (χ1) is 7.99. The zero-order chi connectivity index (χ0) is 12.6. The van der Waals surface area contributed by atoms with Crippen LogP contribution in [-0.4, -0.2) is 19.7 Å². The summed E-state index contributed by atoms with van der Waals surface area (Å²) >= 11 is 0. The number of nitrogen functional groups attached to an aromatic ring is 1. The van der Waals surface area contributed by atoms with Crippen LogP contribution in [0.2, 0.25) is 0 Å². The Morgan fingerprint density at radius 2 is 2.18 bits per heavy atom. The molecule has 17 heavy (non-hydrogen) atoms. The predicted octanol–water partition coefficient (Wildman–Crippen LogP) is 1.28. The topological polar surface area (TPSA) is 99.9 Å². The third kappa shape index (κ3) is 1.94. The highest BCUT2D eigenvalue weighted by Gasteiger charge is 2.13. The molecule has 2 N–H and O–H groups in total. The largest absolute Gasteiger partial charge is 0.368 e. The van der Waals surface area contributed by atoms with E-state index in [1.807, 2.05) is 0 Å². The summed E-state index contributed by atoms with van der Waals surface area (Å²) in [6.07, 6.45) is 0. The SMILES string of the molecule is Cc1cc([N+](=O)[O-])ccc1-c1nc(N)n(C)n1. The summed E-state index contributed by atoms with van der Waals surface area (Å²) in [5.74, 6) is 0.773. The number of aromatic nitrogens is 3. The molecule has 0 unspecified atom stereocenters. The molecule has 0 radical (unpaired) electrons. The van der Waals surface area contributed by atoms with Crippen molar-refractivity contribution in [2.75, 3.05) is 5.73 Å². The predicted molar refractivity (Wildman–Crippen MR) is 62.2 cm³/mol. The van der Waals surface area contributed by atoms with E-state index in [4.69, 9.17) is 5.73 Å². The Morgan fingerprint density at radius 3 is 2.65 bits per heavy atom. The molecule has 7 heteroatoms. The van der Waals surface area contributed by atoms with E-state index in [0.717, 1.165) is 11.1 Å². The monoisotopic (exact) mass is 233 g/mol. The minimum absolute atomic E-state index is 0.0511. The lowest BCUT2D eigenvalue weighted by atomic mass is 10.1. The number of hydrogen-bond donors (Lipinski definition) is 1. The van der Waals surface area contributed by atoms with Crippen molar-refractivity contribution in [3.05, 3.63) is 33.9 Å². The fourth-order valence-corrected chi connectivity index (χ4v) is 1.52. The van der Waals surface area contributed by atoms with Crippen LogP contribution in [0.5, 0.6) is 0 Å². The number of nitro benzene ring substituents is 1. The fraction of sp³-hybridized carbons (Fsp3) is 0.200. The Bertz CT molecular complexity index is 571. The van der Waals surface area contributed by atoms with E-state index in [1.54, 1.807) is 20.0 Å². The van der Waals surface area contributed by atoms with E-state index in [-0.39, 0.29) is 5.69 Å². The van der Waals surface area contributed by atoms with Gasteiger partial charge in [-0.25, -0.2) is 4.68 Å².